The molecule has 6 nitrogen and oxygen atoms in total. The first-order valence-corrected chi connectivity index (χ1v) is 9.83. The molecule has 0 spiro atoms. The molecule has 0 saturated carbocycles. The summed E-state index contributed by atoms with van der Waals surface area (Å²) in [5, 5.41) is 0. The normalized spacial score (nSPS) is 17.1. The molecule has 0 atom stereocenters. The standard InChI is InChI=1S/C21H26N4O2/c26-20-8-4-11-23(20)14-18-19-15-24(12-5-13-25(19)16-22-18)21(27)10-9-17-6-2-1-3-7-17/h1-3,6-7,16H,4-5,8-15H2. The molecule has 6 heteroatoms. The maximum Gasteiger partial charge on any atom is 0.223 e. The van der Waals surface area contributed by atoms with Gasteiger partial charge in [-0.15, -0.1) is 0 Å². The van der Waals surface area contributed by atoms with Crippen LogP contribution in [0.1, 0.15) is 42.6 Å². The van der Waals surface area contributed by atoms with E-state index in [9.17, 15) is 9.59 Å². The van der Waals surface area contributed by atoms with Gasteiger partial charge in [-0.3, -0.25) is 9.59 Å². The fraction of sp³-hybridized carbons (Fsp3) is 0.476. The highest BCUT2D eigenvalue weighted by Gasteiger charge is 2.26. The van der Waals surface area contributed by atoms with Crippen molar-refractivity contribution in [2.45, 2.75) is 51.7 Å². The van der Waals surface area contributed by atoms with Crippen LogP contribution in [0.3, 0.4) is 0 Å². The van der Waals surface area contributed by atoms with E-state index in [0.717, 1.165) is 50.3 Å². The van der Waals surface area contributed by atoms with Crippen molar-refractivity contribution in [1.82, 2.24) is 19.4 Å². The Bertz CT molecular complexity index is 815. The third kappa shape index (κ3) is 4.04. The Hall–Kier alpha value is -2.63. The molecular formula is C21H26N4O2. The zero-order chi connectivity index (χ0) is 18.6. The second-order valence-electron chi connectivity index (χ2n) is 7.40. The second kappa shape index (κ2) is 7.94. The van der Waals surface area contributed by atoms with Gasteiger partial charge < -0.3 is 14.4 Å². The van der Waals surface area contributed by atoms with Gasteiger partial charge in [-0.25, -0.2) is 4.98 Å². The molecule has 2 amide bonds. The number of rotatable bonds is 5. The Labute approximate surface area is 159 Å². The zero-order valence-electron chi connectivity index (χ0n) is 15.6. The van der Waals surface area contributed by atoms with Crippen molar-refractivity contribution in [3.05, 3.63) is 53.6 Å². The van der Waals surface area contributed by atoms with Crippen LogP contribution >= 0.6 is 0 Å². The summed E-state index contributed by atoms with van der Waals surface area (Å²) in [4.78, 5) is 33.1. The van der Waals surface area contributed by atoms with Crippen LogP contribution in [0.2, 0.25) is 0 Å². The first-order valence-electron chi connectivity index (χ1n) is 9.83. The van der Waals surface area contributed by atoms with E-state index in [2.05, 4.69) is 21.7 Å². The number of carbonyl (C=O) groups excluding carboxylic acids is 2. The highest BCUT2D eigenvalue weighted by atomic mass is 16.2. The summed E-state index contributed by atoms with van der Waals surface area (Å²) in [5.41, 5.74) is 3.22. The number of hydrogen-bond acceptors (Lipinski definition) is 3. The predicted molar refractivity (Wildman–Crippen MR) is 102 cm³/mol. The van der Waals surface area contributed by atoms with Crippen molar-refractivity contribution in [3.63, 3.8) is 0 Å². The molecule has 2 aliphatic heterocycles. The molecule has 142 valence electrons. The van der Waals surface area contributed by atoms with Crippen molar-refractivity contribution < 1.29 is 9.59 Å². The van der Waals surface area contributed by atoms with E-state index < -0.39 is 0 Å². The van der Waals surface area contributed by atoms with Crippen LogP contribution < -0.4 is 0 Å². The van der Waals surface area contributed by atoms with E-state index in [1.54, 1.807) is 0 Å². The number of aromatic nitrogens is 2. The fourth-order valence-corrected chi connectivity index (χ4v) is 3.97. The Morgan fingerprint density at radius 1 is 1.07 bits per heavy atom. The van der Waals surface area contributed by atoms with Gasteiger partial charge in [0.1, 0.15) is 0 Å². The van der Waals surface area contributed by atoms with Crippen LogP contribution in [0.5, 0.6) is 0 Å². The third-order valence-electron chi connectivity index (χ3n) is 5.54. The van der Waals surface area contributed by atoms with E-state index in [-0.39, 0.29) is 11.8 Å². The topological polar surface area (TPSA) is 58.4 Å². The van der Waals surface area contributed by atoms with Gasteiger partial charge in [-0.1, -0.05) is 30.3 Å². The maximum absolute atomic E-state index is 12.8. The number of benzene rings is 1. The molecule has 1 aromatic heterocycles. The van der Waals surface area contributed by atoms with Crippen molar-refractivity contribution in [2.24, 2.45) is 0 Å². The van der Waals surface area contributed by atoms with Crippen molar-refractivity contribution in [1.29, 1.82) is 0 Å². The van der Waals surface area contributed by atoms with Gasteiger partial charge in [-0.2, -0.15) is 0 Å². The fourth-order valence-electron chi connectivity index (χ4n) is 3.97. The third-order valence-corrected chi connectivity index (χ3v) is 5.54. The Balaban J connectivity index is 1.43. The molecule has 0 aliphatic carbocycles. The molecule has 0 bridgehead atoms. The zero-order valence-corrected chi connectivity index (χ0v) is 15.6. The SMILES string of the molecule is O=C1CCCN1Cc1ncn2c1CN(C(=O)CCc1ccccc1)CCC2. The quantitative estimate of drug-likeness (QED) is 0.816. The number of imidazole rings is 1. The summed E-state index contributed by atoms with van der Waals surface area (Å²) < 4.78 is 2.15. The number of aryl methyl sites for hydroxylation is 2. The average molecular weight is 366 g/mol. The van der Waals surface area contributed by atoms with Crippen LogP contribution in [0.15, 0.2) is 36.7 Å². The van der Waals surface area contributed by atoms with E-state index in [1.807, 2.05) is 34.3 Å². The molecule has 0 radical (unpaired) electrons. The Kier molecular flexibility index (Phi) is 5.23. The Morgan fingerprint density at radius 3 is 2.70 bits per heavy atom. The maximum atomic E-state index is 12.8. The summed E-state index contributed by atoms with van der Waals surface area (Å²) in [7, 11) is 0. The van der Waals surface area contributed by atoms with E-state index in [0.29, 0.717) is 25.9 Å². The van der Waals surface area contributed by atoms with Gasteiger partial charge in [0.2, 0.25) is 11.8 Å². The van der Waals surface area contributed by atoms with Crippen LogP contribution in [-0.4, -0.2) is 44.3 Å². The minimum atomic E-state index is 0.191. The number of amides is 2. The van der Waals surface area contributed by atoms with Crippen LogP contribution in [-0.2, 0) is 35.6 Å². The molecule has 2 aromatic rings. The van der Waals surface area contributed by atoms with Gasteiger partial charge in [-0.05, 0) is 24.8 Å². The smallest absolute Gasteiger partial charge is 0.223 e. The van der Waals surface area contributed by atoms with Crippen LogP contribution in [0.25, 0.3) is 0 Å². The van der Waals surface area contributed by atoms with Crippen molar-refractivity contribution >= 4 is 11.8 Å². The highest BCUT2D eigenvalue weighted by molar-refractivity contribution is 5.78. The predicted octanol–water partition coefficient (Wildman–Crippen LogP) is 2.37. The lowest BCUT2D eigenvalue weighted by Gasteiger charge is -2.21. The molecule has 27 heavy (non-hydrogen) atoms. The van der Waals surface area contributed by atoms with Gasteiger partial charge in [0.15, 0.2) is 0 Å². The minimum absolute atomic E-state index is 0.191. The molecule has 1 saturated heterocycles. The number of hydrogen-bond donors (Lipinski definition) is 0. The molecule has 4 rings (SSSR count). The lowest BCUT2D eigenvalue weighted by atomic mass is 10.1. The average Bonchev–Trinajstić information content (AvgIpc) is 3.19. The molecule has 1 aromatic carbocycles. The second-order valence-corrected chi connectivity index (χ2v) is 7.40. The van der Waals surface area contributed by atoms with Crippen LogP contribution in [0, 0.1) is 0 Å². The van der Waals surface area contributed by atoms with Gasteiger partial charge in [0.25, 0.3) is 0 Å². The van der Waals surface area contributed by atoms with E-state index >= 15 is 0 Å². The first kappa shape index (κ1) is 17.8. The largest absolute Gasteiger partial charge is 0.337 e. The summed E-state index contributed by atoms with van der Waals surface area (Å²) >= 11 is 0. The number of carbonyl (C=O) groups is 2. The van der Waals surface area contributed by atoms with E-state index in [4.69, 9.17) is 0 Å². The lowest BCUT2D eigenvalue weighted by Crippen LogP contribution is -2.32. The minimum Gasteiger partial charge on any atom is -0.337 e. The van der Waals surface area contributed by atoms with Crippen LogP contribution in [0.4, 0.5) is 0 Å². The summed E-state index contributed by atoms with van der Waals surface area (Å²) in [6.45, 7) is 3.61. The summed E-state index contributed by atoms with van der Waals surface area (Å²) in [6.07, 6.45) is 5.66. The monoisotopic (exact) mass is 366 g/mol. The molecule has 3 heterocycles. The molecule has 2 aliphatic rings. The molecular weight excluding hydrogens is 340 g/mol. The molecule has 1 fully saturated rings. The van der Waals surface area contributed by atoms with Crippen molar-refractivity contribution in [2.75, 3.05) is 13.1 Å². The highest BCUT2D eigenvalue weighted by Crippen LogP contribution is 2.21. The summed E-state index contributed by atoms with van der Waals surface area (Å²) in [5.74, 6) is 0.401. The number of likely N-dealkylation sites (tertiary alicyclic amines) is 1. The number of nitrogens with zero attached hydrogens (tertiary/aromatic N) is 4. The van der Waals surface area contributed by atoms with Gasteiger partial charge in [0.05, 0.1) is 30.8 Å². The number of fused-ring (bicyclic) bond motifs is 1. The summed E-state index contributed by atoms with van der Waals surface area (Å²) in [6, 6.07) is 10.1. The first-order chi connectivity index (χ1) is 13.2. The van der Waals surface area contributed by atoms with Gasteiger partial charge >= 0.3 is 0 Å². The van der Waals surface area contributed by atoms with Crippen molar-refractivity contribution in [3.8, 4) is 0 Å². The van der Waals surface area contributed by atoms with E-state index in [1.165, 1.54) is 5.56 Å². The molecule has 0 unspecified atom stereocenters. The Morgan fingerprint density at radius 2 is 1.93 bits per heavy atom. The molecule has 0 N–H and O–H groups in total. The lowest BCUT2D eigenvalue weighted by molar-refractivity contribution is -0.132. The van der Waals surface area contributed by atoms with Gasteiger partial charge in [0, 0.05) is 32.5 Å².